The van der Waals surface area contributed by atoms with E-state index < -0.39 is 10.0 Å². The van der Waals surface area contributed by atoms with Crippen molar-refractivity contribution in [2.24, 2.45) is 5.92 Å². The molecule has 0 saturated carbocycles. The van der Waals surface area contributed by atoms with Crippen LogP contribution in [0, 0.1) is 5.92 Å². The summed E-state index contributed by atoms with van der Waals surface area (Å²) < 4.78 is 33.0. The largest absolute Gasteiger partial charge is 0.371 e. The first kappa shape index (κ1) is 17.4. The highest BCUT2D eigenvalue weighted by Gasteiger charge is 2.28. The predicted octanol–water partition coefficient (Wildman–Crippen LogP) is -0.0865. The van der Waals surface area contributed by atoms with Gasteiger partial charge in [0.25, 0.3) is 0 Å². The van der Waals surface area contributed by atoms with Crippen molar-refractivity contribution in [2.75, 3.05) is 39.1 Å². The van der Waals surface area contributed by atoms with E-state index in [9.17, 15) is 13.2 Å². The summed E-state index contributed by atoms with van der Waals surface area (Å²) >= 11 is 0. The zero-order valence-corrected chi connectivity index (χ0v) is 14.7. The van der Waals surface area contributed by atoms with E-state index in [1.807, 2.05) is 9.47 Å². The molecule has 1 saturated heterocycles. The lowest BCUT2D eigenvalue weighted by molar-refractivity contribution is -0.135. The Labute approximate surface area is 142 Å². The van der Waals surface area contributed by atoms with Gasteiger partial charge in [-0.25, -0.2) is 13.4 Å². The van der Waals surface area contributed by atoms with Gasteiger partial charge in [-0.15, -0.1) is 0 Å². The van der Waals surface area contributed by atoms with Gasteiger partial charge < -0.3 is 14.2 Å². The molecule has 1 atom stereocenters. The van der Waals surface area contributed by atoms with E-state index in [0.29, 0.717) is 26.2 Å². The molecule has 1 aromatic rings. The summed E-state index contributed by atoms with van der Waals surface area (Å²) in [6.45, 7) is 3.38. The predicted molar refractivity (Wildman–Crippen MR) is 87.6 cm³/mol. The summed E-state index contributed by atoms with van der Waals surface area (Å²) in [7, 11) is -3.30. The summed E-state index contributed by atoms with van der Waals surface area (Å²) in [6.07, 6.45) is 6.73. The van der Waals surface area contributed by atoms with Gasteiger partial charge in [0, 0.05) is 38.3 Å². The lowest BCUT2D eigenvalue weighted by Gasteiger charge is -2.22. The van der Waals surface area contributed by atoms with Crippen LogP contribution in [0.1, 0.15) is 18.5 Å². The van der Waals surface area contributed by atoms with E-state index in [0.717, 1.165) is 31.6 Å². The number of sulfonamides is 1. The van der Waals surface area contributed by atoms with Gasteiger partial charge in [-0.3, -0.25) is 4.79 Å². The summed E-state index contributed by atoms with van der Waals surface area (Å²) in [5, 5.41) is 0. The number of imidazole rings is 1. The molecule has 0 aromatic carbocycles. The van der Waals surface area contributed by atoms with Gasteiger partial charge in [-0.2, -0.15) is 4.31 Å². The molecule has 0 unspecified atom stereocenters. The molecule has 9 heteroatoms. The molecule has 2 aliphatic heterocycles. The summed E-state index contributed by atoms with van der Waals surface area (Å²) in [5.41, 5.74) is 0.871. The van der Waals surface area contributed by atoms with Gasteiger partial charge in [0.05, 0.1) is 31.4 Å². The van der Waals surface area contributed by atoms with Crippen LogP contribution in [0.5, 0.6) is 0 Å². The van der Waals surface area contributed by atoms with Gasteiger partial charge >= 0.3 is 0 Å². The summed E-state index contributed by atoms with van der Waals surface area (Å²) in [6, 6.07) is 0. The molecular formula is C15H24N4O4S. The molecule has 24 heavy (non-hydrogen) atoms. The van der Waals surface area contributed by atoms with Crippen LogP contribution < -0.4 is 0 Å². The van der Waals surface area contributed by atoms with Crippen LogP contribution in [0.3, 0.4) is 0 Å². The van der Waals surface area contributed by atoms with Crippen molar-refractivity contribution in [1.82, 2.24) is 18.8 Å². The third-order valence-corrected chi connectivity index (χ3v) is 5.78. The standard InChI is InChI=1S/C15H24N4O4S/c1-24(21,22)19-8-13(7-18-12-16-6-14(18)9-19)10-23-11-15(20)17-4-2-3-5-17/h6,12-13H,2-5,7-11H2,1H3/t13-/m0/s1. The van der Waals surface area contributed by atoms with Crippen LogP contribution in [-0.2, 0) is 32.6 Å². The van der Waals surface area contributed by atoms with Crippen LogP contribution in [0.2, 0.25) is 0 Å². The van der Waals surface area contributed by atoms with Crippen molar-refractivity contribution in [1.29, 1.82) is 0 Å². The minimum absolute atomic E-state index is 0.0125. The zero-order chi connectivity index (χ0) is 17.2. The highest BCUT2D eigenvalue weighted by molar-refractivity contribution is 7.88. The number of aromatic nitrogens is 2. The number of fused-ring (bicyclic) bond motifs is 1. The van der Waals surface area contributed by atoms with Crippen LogP contribution in [-0.4, -0.2) is 72.2 Å². The minimum Gasteiger partial charge on any atom is -0.371 e. The first-order valence-corrected chi connectivity index (χ1v) is 10.1. The fourth-order valence-corrected chi connectivity index (χ4v) is 4.09. The number of nitrogens with zero attached hydrogens (tertiary/aromatic N) is 4. The number of ether oxygens (including phenoxy) is 1. The van der Waals surface area contributed by atoms with Gasteiger partial charge in [0.2, 0.25) is 15.9 Å². The Bertz CT molecular complexity index is 681. The van der Waals surface area contributed by atoms with Crippen LogP contribution >= 0.6 is 0 Å². The average Bonchev–Trinajstić information content (AvgIpc) is 3.15. The van der Waals surface area contributed by atoms with E-state index >= 15 is 0 Å². The van der Waals surface area contributed by atoms with Crippen molar-refractivity contribution in [3.05, 3.63) is 18.2 Å². The van der Waals surface area contributed by atoms with Crippen molar-refractivity contribution >= 4 is 15.9 Å². The molecule has 1 fully saturated rings. The molecule has 1 amide bonds. The monoisotopic (exact) mass is 356 g/mol. The third-order valence-electron chi connectivity index (χ3n) is 4.56. The number of carbonyl (C=O) groups excluding carboxylic acids is 1. The van der Waals surface area contributed by atoms with E-state index in [1.165, 1.54) is 10.6 Å². The lowest BCUT2D eigenvalue weighted by Crippen LogP contribution is -2.36. The molecule has 3 rings (SSSR count). The first-order valence-electron chi connectivity index (χ1n) is 8.23. The molecule has 0 radical (unpaired) electrons. The van der Waals surface area contributed by atoms with E-state index in [1.54, 1.807) is 12.5 Å². The van der Waals surface area contributed by atoms with E-state index in [4.69, 9.17) is 4.74 Å². The number of likely N-dealkylation sites (tertiary alicyclic amines) is 1. The molecule has 0 bridgehead atoms. The molecule has 134 valence electrons. The van der Waals surface area contributed by atoms with Crippen molar-refractivity contribution in [2.45, 2.75) is 25.9 Å². The second-order valence-corrected chi connectivity index (χ2v) is 8.54. The van der Waals surface area contributed by atoms with Gasteiger partial charge in [-0.05, 0) is 12.8 Å². The molecule has 0 aliphatic carbocycles. The Morgan fingerprint density at radius 2 is 2.08 bits per heavy atom. The maximum atomic E-state index is 12.0. The van der Waals surface area contributed by atoms with E-state index in [-0.39, 0.29) is 18.4 Å². The Hall–Kier alpha value is -1.45. The van der Waals surface area contributed by atoms with Gasteiger partial charge in [0.15, 0.2) is 0 Å². The Morgan fingerprint density at radius 3 is 2.79 bits per heavy atom. The number of amides is 1. The zero-order valence-electron chi connectivity index (χ0n) is 13.9. The first-order chi connectivity index (χ1) is 11.4. The molecule has 0 N–H and O–H groups in total. The highest BCUT2D eigenvalue weighted by Crippen LogP contribution is 2.19. The third kappa shape index (κ3) is 4.14. The maximum absolute atomic E-state index is 12.0. The molecule has 2 aliphatic rings. The smallest absolute Gasteiger partial charge is 0.248 e. The molecule has 0 spiro atoms. The second kappa shape index (κ2) is 7.20. The second-order valence-electron chi connectivity index (χ2n) is 6.56. The van der Waals surface area contributed by atoms with Crippen molar-refractivity contribution < 1.29 is 17.9 Å². The topological polar surface area (TPSA) is 84.7 Å². The van der Waals surface area contributed by atoms with Crippen LogP contribution in [0.4, 0.5) is 0 Å². The number of hydrogen-bond donors (Lipinski definition) is 0. The average molecular weight is 356 g/mol. The molecule has 3 heterocycles. The van der Waals surface area contributed by atoms with E-state index in [2.05, 4.69) is 4.98 Å². The number of rotatable bonds is 5. The van der Waals surface area contributed by atoms with Gasteiger partial charge in [0.1, 0.15) is 6.61 Å². The Balaban J connectivity index is 1.59. The number of hydrogen-bond acceptors (Lipinski definition) is 5. The normalized spacial score (nSPS) is 22.4. The van der Waals surface area contributed by atoms with Gasteiger partial charge in [-0.1, -0.05) is 0 Å². The fraction of sp³-hybridized carbons (Fsp3) is 0.733. The molecular weight excluding hydrogens is 332 g/mol. The fourth-order valence-electron chi connectivity index (χ4n) is 3.24. The molecule has 8 nitrogen and oxygen atoms in total. The summed E-state index contributed by atoms with van der Waals surface area (Å²) in [4.78, 5) is 17.9. The minimum atomic E-state index is -3.30. The van der Waals surface area contributed by atoms with Crippen LogP contribution in [0.15, 0.2) is 12.5 Å². The Kier molecular flexibility index (Phi) is 5.21. The maximum Gasteiger partial charge on any atom is 0.248 e. The SMILES string of the molecule is CS(=O)(=O)N1Cc2cncn2C[C@H](COCC(=O)N2CCCC2)C1. The lowest BCUT2D eigenvalue weighted by atomic mass is 10.1. The Morgan fingerprint density at radius 1 is 1.33 bits per heavy atom. The highest BCUT2D eigenvalue weighted by atomic mass is 32.2. The summed E-state index contributed by atoms with van der Waals surface area (Å²) in [5.74, 6) is 0.00552. The molecule has 1 aromatic heterocycles. The quantitative estimate of drug-likeness (QED) is 0.736. The van der Waals surface area contributed by atoms with Crippen LogP contribution in [0.25, 0.3) is 0 Å². The van der Waals surface area contributed by atoms with Crippen molar-refractivity contribution in [3.63, 3.8) is 0 Å². The van der Waals surface area contributed by atoms with Crippen molar-refractivity contribution in [3.8, 4) is 0 Å². The number of carbonyl (C=O) groups is 1.